The van der Waals surface area contributed by atoms with E-state index in [1.807, 2.05) is 12.1 Å². The fourth-order valence-electron chi connectivity index (χ4n) is 2.39. The highest BCUT2D eigenvalue weighted by Crippen LogP contribution is 2.22. The standard InChI is InChI=1S/C13H15N3O/c17-13-9-12(14-15-13)10-4-3-5-11(8-10)16-6-1-2-7-16/h3-5,8H,1-2,6-7,9H2,(H,15,17). The van der Waals surface area contributed by atoms with Gasteiger partial charge in [0.25, 0.3) is 0 Å². The van der Waals surface area contributed by atoms with Gasteiger partial charge in [0.2, 0.25) is 5.91 Å². The van der Waals surface area contributed by atoms with Gasteiger partial charge in [-0.25, -0.2) is 5.43 Å². The Morgan fingerprint density at radius 2 is 2.06 bits per heavy atom. The molecular formula is C13H15N3O. The minimum absolute atomic E-state index is 0.0217. The quantitative estimate of drug-likeness (QED) is 0.835. The SMILES string of the molecule is O=C1CC(c2cccc(N3CCCC3)c2)=NN1. The van der Waals surface area contributed by atoms with E-state index >= 15 is 0 Å². The number of hydrogen-bond acceptors (Lipinski definition) is 3. The molecule has 0 aliphatic carbocycles. The van der Waals surface area contributed by atoms with E-state index in [-0.39, 0.29) is 5.91 Å². The number of carbonyl (C=O) groups is 1. The molecule has 4 heteroatoms. The number of benzene rings is 1. The summed E-state index contributed by atoms with van der Waals surface area (Å²) in [4.78, 5) is 13.5. The van der Waals surface area contributed by atoms with Crippen molar-refractivity contribution in [2.45, 2.75) is 19.3 Å². The number of anilines is 1. The number of hydrazone groups is 1. The predicted octanol–water partition coefficient (Wildman–Crippen LogP) is 1.51. The normalized spacial score (nSPS) is 19.4. The van der Waals surface area contributed by atoms with E-state index in [4.69, 9.17) is 0 Å². The molecule has 0 atom stereocenters. The Labute approximate surface area is 100 Å². The zero-order chi connectivity index (χ0) is 11.7. The maximum Gasteiger partial charge on any atom is 0.246 e. The van der Waals surface area contributed by atoms with Gasteiger partial charge in [0, 0.05) is 24.3 Å². The maximum absolute atomic E-state index is 11.1. The van der Waals surface area contributed by atoms with Crippen LogP contribution in [0.25, 0.3) is 0 Å². The third-order valence-electron chi connectivity index (χ3n) is 3.29. The molecule has 0 saturated carbocycles. The Balaban J connectivity index is 1.86. The van der Waals surface area contributed by atoms with E-state index < -0.39 is 0 Å². The van der Waals surface area contributed by atoms with E-state index in [9.17, 15) is 4.79 Å². The van der Waals surface area contributed by atoms with Gasteiger partial charge in [-0.15, -0.1) is 0 Å². The molecule has 1 aromatic rings. The number of carbonyl (C=O) groups excluding carboxylic acids is 1. The van der Waals surface area contributed by atoms with Gasteiger partial charge in [-0.05, 0) is 25.0 Å². The van der Waals surface area contributed by atoms with E-state index in [1.54, 1.807) is 0 Å². The van der Waals surface area contributed by atoms with Crippen molar-refractivity contribution in [3.8, 4) is 0 Å². The molecule has 1 aromatic carbocycles. The number of nitrogens with zero attached hydrogens (tertiary/aromatic N) is 2. The van der Waals surface area contributed by atoms with Crippen molar-refractivity contribution in [3.05, 3.63) is 29.8 Å². The molecule has 2 aliphatic heterocycles. The Kier molecular flexibility index (Phi) is 2.55. The van der Waals surface area contributed by atoms with Crippen LogP contribution in [0.2, 0.25) is 0 Å². The van der Waals surface area contributed by atoms with Crippen LogP contribution in [0.4, 0.5) is 5.69 Å². The number of rotatable bonds is 2. The average molecular weight is 229 g/mol. The van der Waals surface area contributed by atoms with Crippen LogP contribution < -0.4 is 10.3 Å². The number of nitrogens with one attached hydrogen (secondary N) is 1. The molecule has 0 radical (unpaired) electrons. The second kappa shape index (κ2) is 4.20. The minimum Gasteiger partial charge on any atom is -0.372 e. The molecule has 1 fully saturated rings. The van der Waals surface area contributed by atoms with Gasteiger partial charge in [-0.3, -0.25) is 4.79 Å². The third-order valence-corrected chi connectivity index (χ3v) is 3.29. The van der Waals surface area contributed by atoms with Crippen LogP contribution in [0.3, 0.4) is 0 Å². The summed E-state index contributed by atoms with van der Waals surface area (Å²) in [6, 6.07) is 8.30. The molecule has 1 N–H and O–H groups in total. The first-order valence-corrected chi connectivity index (χ1v) is 6.04. The Hall–Kier alpha value is -1.84. The molecule has 4 nitrogen and oxygen atoms in total. The fraction of sp³-hybridized carbons (Fsp3) is 0.385. The molecule has 0 spiro atoms. The molecule has 3 rings (SSSR count). The largest absolute Gasteiger partial charge is 0.372 e. The molecular weight excluding hydrogens is 214 g/mol. The lowest BCUT2D eigenvalue weighted by Crippen LogP contribution is -2.17. The fourth-order valence-corrected chi connectivity index (χ4v) is 2.39. The van der Waals surface area contributed by atoms with Crippen LogP contribution in [-0.4, -0.2) is 24.7 Å². The van der Waals surface area contributed by atoms with E-state index in [1.165, 1.54) is 18.5 Å². The minimum atomic E-state index is -0.0217. The molecule has 17 heavy (non-hydrogen) atoms. The zero-order valence-corrected chi connectivity index (χ0v) is 9.65. The first kappa shape index (κ1) is 10.3. The van der Waals surface area contributed by atoms with Gasteiger partial charge < -0.3 is 4.90 Å². The van der Waals surface area contributed by atoms with Crippen molar-refractivity contribution in [1.82, 2.24) is 5.43 Å². The third kappa shape index (κ3) is 2.02. The van der Waals surface area contributed by atoms with Gasteiger partial charge in [-0.2, -0.15) is 5.10 Å². The Morgan fingerprint density at radius 1 is 1.24 bits per heavy atom. The van der Waals surface area contributed by atoms with Crippen molar-refractivity contribution in [2.75, 3.05) is 18.0 Å². The smallest absolute Gasteiger partial charge is 0.246 e. The highest BCUT2D eigenvalue weighted by Gasteiger charge is 2.18. The van der Waals surface area contributed by atoms with Crippen LogP contribution >= 0.6 is 0 Å². The Morgan fingerprint density at radius 3 is 2.76 bits per heavy atom. The van der Waals surface area contributed by atoms with Crippen LogP contribution in [0.15, 0.2) is 29.4 Å². The lowest BCUT2D eigenvalue weighted by Gasteiger charge is -2.18. The van der Waals surface area contributed by atoms with Crippen LogP contribution in [0.1, 0.15) is 24.8 Å². The molecule has 1 saturated heterocycles. The van der Waals surface area contributed by atoms with Crippen molar-refractivity contribution in [2.24, 2.45) is 5.10 Å². The monoisotopic (exact) mass is 229 g/mol. The summed E-state index contributed by atoms with van der Waals surface area (Å²) >= 11 is 0. The van der Waals surface area contributed by atoms with Gasteiger partial charge in [0.15, 0.2) is 0 Å². The van der Waals surface area contributed by atoms with E-state index in [0.29, 0.717) is 6.42 Å². The first-order chi connectivity index (χ1) is 8.33. The summed E-state index contributed by atoms with van der Waals surface area (Å²) in [5.74, 6) is -0.0217. The van der Waals surface area contributed by atoms with Gasteiger partial charge in [0.05, 0.1) is 12.1 Å². The van der Waals surface area contributed by atoms with Gasteiger partial charge in [-0.1, -0.05) is 12.1 Å². The van der Waals surface area contributed by atoms with Crippen molar-refractivity contribution in [3.63, 3.8) is 0 Å². The highest BCUT2D eigenvalue weighted by atomic mass is 16.2. The summed E-state index contributed by atoms with van der Waals surface area (Å²) in [5.41, 5.74) is 5.62. The molecule has 2 heterocycles. The second-order valence-electron chi connectivity index (χ2n) is 4.51. The van der Waals surface area contributed by atoms with Crippen molar-refractivity contribution in [1.29, 1.82) is 0 Å². The summed E-state index contributed by atoms with van der Waals surface area (Å²) in [6.07, 6.45) is 2.93. The van der Waals surface area contributed by atoms with Gasteiger partial charge >= 0.3 is 0 Å². The van der Waals surface area contributed by atoms with Gasteiger partial charge in [0.1, 0.15) is 0 Å². The van der Waals surface area contributed by atoms with Crippen molar-refractivity contribution >= 4 is 17.3 Å². The molecule has 2 aliphatic rings. The summed E-state index contributed by atoms with van der Waals surface area (Å²) in [6.45, 7) is 2.26. The van der Waals surface area contributed by atoms with Crippen LogP contribution in [0, 0.1) is 0 Å². The topological polar surface area (TPSA) is 44.7 Å². The van der Waals surface area contributed by atoms with E-state index in [0.717, 1.165) is 24.4 Å². The van der Waals surface area contributed by atoms with Crippen molar-refractivity contribution < 1.29 is 4.79 Å². The number of amides is 1. The highest BCUT2D eigenvalue weighted by molar-refractivity contribution is 6.13. The van der Waals surface area contributed by atoms with Crippen LogP contribution in [-0.2, 0) is 4.79 Å². The molecule has 0 bridgehead atoms. The molecule has 0 unspecified atom stereocenters. The average Bonchev–Trinajstić information content (AvgIpc) is 3.00. The lowest BCUT2D eigenvalue weighted by molar-refractivity contribution is -0.119. The molecule has 0 aromatic heterocycles. The summed E-state index contributed by atoms with van der Waals surface area (Å²) < 4.78 is 0. The number of hydrogen-bond donors (Lipinski definition) is 1. The van der Waals surface area contributed by atoms with Crippen LogP contribution in [0.5, 0.6) is 0 Å². The maximum atomic E-state index is 11.1. The lowest BCUT2D eigenvalue weighted by atomic mass is 10.1. The summed E-state index contributed by atoms with van der Waals surface area (Å²) in [5, 5.41) is 4.05. The second-order valence-corrected chi connectivity index (χ2v) is 4.51. The zero-order valence-electron chi connectivity index (χ0n) is 9.65. The summed E-state index contributed by atoms with van der Waals surface area (Å²) in [7, 11) is 0. The predicted molar refractivity (Wildman–Crippen MR) is 67.2 cm³/mol. The molecule has 1 amide bonds. The molecule has 88 valence electrons. The Bertz CT molecular complexity index is 475. The first-order valence-electron chi connectivity index (χ1n) is 6.04. The van der Waals surface area contributed by atoms with E-state index in [2.05, 4.69) is 27.6 Å².